The lowest BCUT2D eigenvalue weighted by molar-refractivity contribution is 0.0910. The van der Waals surface area contributed by atoms with Gasteiger partial charge in [-0.3, -0.25) is 4.79 Å². The van der Waals surface area contributed by atoms with E-state index in [-0.39, 0.29) is 21.7 Å². The summed E-state index contributed by atoms with van der Waals surface area (Å²) in [5, 5.41) is 5.20. The van der Waals surface area contributed by atoms with Gasteiger partial charge in [0.25, 0.3) is 5.91 Å². The summed E-state index contributed by atoms with van der Waals surface area (Å²) in [6, 6.07) is 17.1. The van der Waals surface area contributed by atoms with Gasteiger partial charge in [-0.1, -0.05) is 41.9 Å². The zero-order valence-electron chi connectivity index (χ0n) is 20.2. The predicted octanol–water partition coefficient (Wildman–Crippen LogP) is 6.13. The molecule has 1 unspecified atom stereocenters. The highest BCUT2D eigenvalue weighted by molar-refractivity contribution is 7.91. The second-order valence-electron chi connectivity index (χ2n) is 9.42. The zero-order chi connectivity index (χ0) is 25.2. The van der Waals surface area contributed by atoms with Crippen LogP contribution in [0.2, 0.25) is 5.02 Å². The number of hydrogen-bond donors (Lipinski definition) is 1. The maximum atomic E-state index is 13.1. The highest BCUT2D eigenvalue weighted by Crippen LogP contribution is 2.38. The molecule has 186 valence electrons. The first-order valence-corrected chi connectivity index (χ1v) is 14.5. The molecular formula is C27H31ClN2O3S2. The molecule has 1 N–H and O–H groups in total. The van der Waals surface area contributed by atoms with Gasteiger partial charge in [0, 0.05) is 22.5 Å². The molecule has 1 aromatic heterocycles. The Morgan fingerprint density at radius 1 is 1.03 bits per heavy atom. The summed E-state index contributed by atoms with van der Waals surface area (Å²) in [6.45, 7) is 1.70. The van der Waals surface area contributed by atoms with Crippen LogP contribution in [0, 0.1) is 12.8 Å². The maximum Gasteiger partial charge on any atom is 0.261 e. The molecule has 0 aliphatic heterocycles. The van der Waals surface area contributed by atoms with E-state index in [1.165, 1.54) is 29.0 Å². The molecule has 5 nitrogen and oxygen atoms in total. The van der Waals surface area contributed by atoms with Crippen molar-refractivity contribution < 1.29 is 13.2 Å². The molecule has 3 aromatic rings. The molecular weight excluding hydrogens is 500 g/mol. The van der Waals surface area contributed by atoms with Gasteiger partial charge in [0.05, 0.1) is 14.7 Å². The number of rotatable bonds is 7. The third-order valence-corrected chi connectivity index (χ3v) is 10.2. The third kappa shape index (κ3) is 5.64. The first-order chi connectivity index (χ1) is 16.7. The highest BCUT2D eigenvalue weighted by atomic mass is 35.5. The van der Waals surface area contributed by atoms with Gasteiger partial charge in [-0.2, -0.15) is 0 Å². The molecule has 2 aromatic carbocycles. The number of benzene rings is 2. The minimum atomic E-state index is -3.72. The molecule has 4 rings (SSSR count). The molecule has 0 spiro atoms. The Hall–Kier alpha value is -2.19. The van der Waals surface area contributed by atoms with Gasteiger partial charge in [-0.25, -0.2) is 8.42 Å². The van der Waals surface area contributed by atoms with Gasteiger partial charge < -0.3 is 10.2 Å². The number of amides is 1. The molecule has 8 heteroatoms. The van der Waals surface area contributed by atoms with Crippen molar-refractivity contribution >= 4 is 38.7 Å². The fraction of sp³-hybridized carbons (Fsp3) is 0.370. The van der Waals surface area contributed by atoms with Gasteiger partial charge in [0.15, 0.2) is 0 Å². The van der Waals surface area contributed by atoms with Crippen molar-refractivity contribution in [1.82, 2.24) is 10.2 Å². The summed E-state index contributed by atoms with van der Waals surface area (Å²) < 4.78 is 26.2. The lowest BCUT2D eigenvalue weighted by Gasteiger charge is -2.37. The van der Waals surface area contributed by atoms with E-state index < -0.39 is 9.84 Å². The van der Waals surface area contributed by atoms with Crippen LogP contribution in [-0.2, 0) is 9.84 Å². The first kappa shape index (κ1) is 25.9. The Kier molecular flexibility index (Phi) is 8.01. The summed E-state index contributed by atoms with van der Waals surface area (Å²) in [6.07, 6.45) is 3.88. The second-order valence-corrected chi connectivity index (χ2v) is 12.6. The Bertz CT molecular complexity index is 1260. The van der Waals surface area contributed by atoms with Crippen LogP contribution in [0.3, 0.4) is 0 Å². The van der Waals surface area contributed by atoms with Crippen LogP contribution in [-0.4, -0.2) is 39.4 Å². The molecule has 1 saturated carbocycles. The van der Waals surface area contributed by atoms with Crippen LogP contribution in [0.5, 0.6) is 0 Å². The van der Waals surface area contributed by atoms with Gasteiger partial charge in [0.1, 0.15) is 0 Å². The molecule has 1 aliphatic carbocycles. The number of halogens is 1. The summed E-state index contributed by atoms with van der Waals surface area (Å²) in [5.41, 5.74) is 1.82. The summed E-state index contributed by atoms with van der Waals surface area (Å²) in [5.74, 6) is 0.334. The Morgan fingerprint density at radius 2 is 1.66 bits per heavy atom. The molecule has 1 heterocycles. The lowest BCUT2D eigenvalue weighted by Crippen LogP contribution is -2.39. The quantitative estimate of drug-likeness (QED) is 0.399. The molecule has 0 bridgehead atoms. The molecule has 0 saturated heterocycles. The van der Waals surface area contributed by atoms with Gasteiger partial charge in [-0.05, 0) is 88.0 Å². The number of thiophene rings is 1. The van der Waals surface area contributed by atoms with Crippen LogP contribution in [0.1, 0.15) is 52.5 Å². The molecule has 1 amide bonds. The number of nitrogens with one attached hydrogen (secondary N) is 1. The van der Waals surface area contributed by atoms with E-state index in [9.17, 15) is 13.2 Å². The zero-order valence-corrected chi connectivity index (χ0v) is 22.6. The van der Waals surface area contributed by atoms with Crippen LogP contribution >= 0.6 is 22.9 Å². The third-order valence-electron chi connectivity index (χ3n) is 6.86. The van der Waals surface area contributed by atoms with Crippen LogP contribution in [0.15, 0.2) is 69.8 Å². The van der Waals surface area contributed by atoms with E-state index >= 15 is 0 Å². The second kappa shape index (κ2) is 10.8. The summed E-state index contributed by atoms with van der Waals surface area (Å²) in [7, 11) is 0.535. The minimum Gasteiger partial charge on any atom is -0.349 e. The number of nitrogens with zero attached hydrogens (tertiary/aromatic N) is 1. The smallest absolute Gasteiger partial charge is 0.261 e. The summed E-state index contributed by atoms with van der Waals surface area (Å²) in [4.78, 5) is 16.2. The number of carbonyl (C=O) groups is 1. The van der Waals surface area contributed by atoms with Crippen LogP contribution in [0.4, 0.5) is 0 Å². The normalized spacial score (nSPS) is 19.5. The fourth-order valence-electron chi connectivity index (χ4n) is 5.10. The summed E-state index contributed by atoms with van der Waals surface area (Å²) >= 11 is 7.08. The number of hydrogen-bond acceptors (Lipinski definition) is 5. The molecule has 1 aliphatic rings. The molecule has 1 atom stereocenters. The number of sulfone groups is 1. The first-order valence-electron chi connectivity index (χ1n) is 11.8. The van der Waals surface area contributed by atoms with Crippen molar-refractivity contribution in [2.45, 2.75) is 54.5 Å². The fourth-order valence-corrected chi connectivity index (χ4v) is 8.05. The lowest BCUT2D eigenvalue weighted by atomic mass is 9.78. The topological polar surface area (TPSA) is 66.5 Å². The predicted molar refractivity (Wildman–Crippen MR) is 142 cm³/mol. The Balaban J connectivity index is 1.42. The van der Waals surface area contributed by atoms with E-state index in [1.54, 1.807) is 24.4 Å². The van der Waals surface area contributed by atoms with Gasteiger partial charge >= 0.3 is 0 Å². The molecule has 0 radical (unpaired) electrons. The van der Waals surface area contributed by atoms with E-state index in [0.29, 0.717) is 27.4 Å². The average Bonchev–Trinajstić information content (AvgIpc) is 3.23. The van der Waals surface area contributed by atoms with Crippen molar-refractivity contribution in [1.29, 1.82) is 0 Å². The van der Waals surface area contributed by atoms with Crippen LogP contribution < -0.4 is 5.32 Å². The van der Waals surface area contributed by atoms with Crippen molar-refractivity contribution in [3.8, 4) is 0 Å². The molecule has 1 fully saturated rings. The number of carbonyl (C=O) groups excluding carboxylic acids is 1. The van der Waals surface area contributed by atoms with E-state index in [0.717, 1.165) is 25.7 Å². The minimum absolute atomic E-state index is 0.0927. The van der Waals surface area contributed by atoms with Crippen molar-refractivity contribution in [3.05, 3.63) is 81.0 Å². The largest absolute Gasteiger partial charge is 0.349 e. The van der Waals surface area contributed by atoms with Crippen LogP contribution in [0.25, 0.3) is 0 Å². The Labute approximate surface area is 217 Å². The van der Waals surface area contributed by atoms with E-state index in [4.69, 9.17) is 11.6 Å². The standard InChI is InChI=1S/C27H31ClN2O3S2/c1-18-24(35(32,33)23-15-11-21(28)12-16-23)17-34-26(18)27(31)29-22-13-9-20(10-14-22)25(30(2)3)19-7-5-4-6-8-19/h4-8,11-12,15-17,20,22,25H,9-10,13-14H2,1-3H3,(H,29,31). The van der Waals surface area contributed by atoms with Gasteiger partial charge in [0.2, 0.25) is 9.84 Å². The highest BCUT2D eigenvalue weighted by Gasteiger charge is 2.31. The molecule has 35 heavy (non-hydrogen) atoms. The van der Waals surface area contributed by atoms with E-state index in [2.05, 4.69) is 48.6 Å². The van der Waals surface area contributed by atoms with Gasteiger partial charge in [-0.15, -0.1) is 11.3 Å². The van der Waals surface area contributed by atoms with Crippen molar-refractivity contribution in [2.75, 3.05) is 14.1 Å². The van der Waals surface area contributed by atoms with Crippen molar-refractivity contribution in [2.24, 2.45) is 5.92 Å². The SMILES string of the molecule is Cc1c(S(=O)(=O)c2ccc(Cl)cc2)csc1C(=O)NC1CCC(C(c2ccccc2)N(C)C)CC1. The Morgan fingerprint density at radius 3 is 2.26 bits per heavy atom. The maximum absolute atomic E-state index is 13.1. The van der Waals surface area contributed by atoms with Crippen molar-refractivity contribution in [3.63, 3.8) is 0 Å². The monoisotopic (exact) mass is 530 g/mol. The average molecular weight is 531 g/mol. The van der Waals surface area contributed by atoms with E-state index in [1.807, 2.05) is 6.07 Å².